The molecule has 1 aromatic carbocycles. The predicted octanol–water partition coefficient (Wildman–Crippen LogP) is 4.20. The lowest BCUT2D eigenvalue weighted by molar-refractivity contribution is -0.148. The third-order valence-corrected chi connectivity index (χ3v) is 4.30. The SMILES string of the molecule is COc1ccc(Br)c([C@H](CC(F)(F)F)N2CCNCC2)c1.Cl.Cl. The van der Waals surface area contributed by atoms with Gasteiger partial charge in [0.2, 0.25) is 0 Å². The molecule has 134 valence electrons. The van der Waals surface area contributed by atoms with E-state index in [-0.39, 0.29) is 24.8 Å². The molecule has 0 bridgehead atoms. The van der Waals surface area contributed by atoms with Crippen molar-refractivity contribution < 1.29 is 17.9 Å². The first-order valence-electron chi connectivity index (χ1n) is 6.75. The van der Waals surface area contributed by atoms with Gasteiger partial charge in [0, 0.05) is 36.7 Å². The van der Waals surface area contributed by atoms with Gasteiger partial charge in [-0.15, -0.1) is 24.8 Å². The fourth-order valence-corrected chi connectivity index (χ4v) is 3.06. The van der Waals surface area contributed by atoms with Crippen LogP contribution in [0.2, 0.25) is 0 Å². The van der Waals surface area contributed by atoms with Gasteiger partial charge in [0.25, 0.3) is 0 Å². The Morgan fingerprint density at radius 2 is 1.87 bits per heavy atom. The number of hydrogen-bond acceptors (Lipinski definition) is 3. The summed E-state index contributed by atoms with van der Waals surface area (Å²) in [6, 6.07) is 4.45. The summed E-state index contributed by atoms with van der Waals surface area (Å²) in [5.41, 5.74) is 0.619. The molecule has 0 spiro atoms. The van der Waals surface area contributed by atoms with Crippen LogP contribution in [-0.4, -0.2) is 44.4 Å². The number of nitrogens with one attached hydrogen (secondary N) is 1. The minimum absolute atomic E-state index is 0. The molecule has 0 radical (unpaired) electrons. The van der Waals surface area contributed by atoms with Crippen LogP contribution >= 0.6 is 40.7 Å². The van der Waals surface area contributed by atoms with E-state index >= 15 is 0 Å². The summed E-state index contributed by atoms with van der Waals surface area (Å²) < 4.78 is 44.7. The Morgan fingerprint density at radius 3 is 2.39 bits per heavy atom. The quantitative estimate of drug-likeness (QED) is 0.760. The number of nitrogens with zero attached hydrogens (tertiary/aromatic N) is 1. The second-order valence-electron chi connectivity index (χ2n) is 5.01. The number of alkyl halides is 3. The smallest absolute Gasteiger partial charge is 0.390 e. The summed E-state index contributed by atoms with van der Waals surface area (Å²) in [5, 5.41) is 3.16. The fourth-order valence-electron chi connectivity index (χ4n) is 2.55. The molecule has 1 aliphatic rings. The van der Waals surface area contributed by atoms with Crippen molar-refractivity contribution in [2.75, 3.05) is 33.3 Å². The molecule has 1 N–H and O–H groups in total. The normalized spacial score (nSPS) is 16.9. The van der Waals surface area contributed by atoms with Gasteiger partial charge >= 0.3 is 6.18 Å². The van der Waals surface area contributed by atoms with Crippen LogP contribution in [0.5, 0.6) is 5.75 Å². The van der Waals surface area contributed by atoms with Crippen LogP contribution in [0.25, 0.3) is 0 Å². The van der Waals surface area contributed by atoms with Gasteiger partial charge in [-0.2, -0.15) is 13.2 Å². The number of methoxy groups -OCH3 is 1. The van der Waals surface area contributed by atoms with Crippen molar-refractivity contribution in [1.82, 2.24) is 10.2 Å². The van der Waals surface area contributed by atoms with Crippen LogP contribution < -0.4 is 10.1 Å². The molecule has 1 aliphatic heterocycles. The second kappa shape index (κ2) is 9.93. The highest BCUT2D eigenvalue weighted by atomic mass is 79.9. The van der Waals surface area contributed by atoms with Gasteiger partial charge in [0.1, 0.15) is 5.75 Å². The number of rotatable bonds is 4. The summed E-state index contributed by atoms with van der Waals surface area (Å²) >= 11 is 3.37. The summed E-state index contributed by atoms with van der Waals surface area (Å²) in [6.45, 7) is 2.61. The van der Waals surface area contributed by atoms with Crippen molar-refractivity contribution in [3.8, 4) is 5.75 Å². The van der Waals surface area contributed by atoms with Crippen LogP contribution in [0.4, 0.5) is 13.2 Å². The first kappa shape index (κ1) is 22.8. The summed E-state index contributed by atoms with van der Waals surface area (Å²) in [6.07, 6.45) is -5.07. The van der Waals surface area contributed by atoms with Crippen molar-refractivity contribution in [1.29, 1.82) is 0 Å². The van der Waals surface area contributed by atoms with Crippen LogP contribution in [0.1, 0.15) is 18.0 Å². The first-order valence-corrected chi connectivity index (χ1v) is 7.55. The Kier molecular flexibility index (Phi) is 9.84. The van der Waals surface area contributed by atoms with Crippen LogP contribution in [-0.2, 0) is 0 Å². The Bertz CT molecular complexity index is 486. The molecule has 0 amide bonds. The molecule has 0 aliphatic carbocycles. The average molecular weight is 440 g/mol. The lowest BCUT2D eigenvalue weighted by atomic mass is 10.0. The third kappa shape index (κ3) is 6.66. The highest BCUT2D eigenvalue weighted by Crippen LogP contribution is 2.38. The van der Waals surface area contributed by atoms with Gasteiger partial charge in [-0.25, -0.2) is 0 Å². The molecule has 0 unspecified atom stereocenters. The van der Waals surface area contributed by atoms with Crippen molar-refractivity contribution in [2.45, 2.75) is 18.6 Å². The topological polar surface area (TPSA) is 24.5 Å². The minimum Gasteiger partial charge on any atom is -0.497 e. The average Bonchev–Trinajstić information content (AvgIpc) is 2.45. The molecular formula is C14H20BrCl2F3N2O. The number of benzene rings is 1. The van der Waals surface area contributed by atoms with Crippen molar-refractivity contribution in [3.05, 3.63) is 28.2 Å². The molecule has 3 nitrogen and oxygen atoms in total. The monoisotopic (exact) mass is 438 g/mol. The highest BCUT2D eigenvalue weighted by molar-refractivity contribution is 9.10. The zero-order valence-electron chi connectivity index (χ0n) is 12.5. The van der Waals surface area contributed by atoms with Gasteiger partial charge in [0.05, 0.1) is 13.5 Å². The number of hydrogen-bond donors (Lipinski definition) is 1. The van der Waals surface area contributed by atoms with E-state index in [2.05, 4.69) is 21.2 Å². The van der Waals surface area contributed by atoms with Crippen molar-refractivity contribution in [2.24, 2.45) is 0 Å². The molecule has 0 aromatic heterocycles. The molecule has 1 aromatic rings. The lowest BCUT2D eigenvalue weighted by Gasteiger charge is -2.36. The lowest BCUT2D eigenvalue weighted by Crippen LogP contribution is -2.46. The van der Waals surface area contributed by atoms with Crippen molar-refractivity contribution in [3.63, 3.8) is 0 Å². The van der Waals surface area contributed by atoms with E-state index in [0.717, 1.165) is 0 Å². The van der Waals surface area contributed by atoms with Crippen LogP contribution in [0.3, 0.4) is 0 Å². The van der Waals surface area contributed by atoms with Crippen LogP contribution in [0, 0.1) is 0 Å². The van der Waals surface area contributed by atoms with E-state index in [4.69, 9.17) is 4.74 Å². The van der Waals surface area contributed by atoms with Gasteiger partial charge in [-0.05, 0) is 23.8 Å². The minimum atomic E-state index is -4.21. The zero-order chi connectivity index (χ0) is 15.5. The molecule has 2 rings (SSSR count). The maximum Gasteiger partial charge on any atom is 0.390 e. The summed E-state index contributed by atoms with van der Waals surface area (Å²) in [7, 11) is 1.51. The van der Waals surface area contributed by atoms with Gasteiger partial charge < -0.3 is 10.1 Å². The Balaban J connectivity index is 0.00000242. The van der Waals surface area contributed by atoms with E-state index in [1.54, 1.807) is 18.2 Å². The molecule has 23 heavy (non-hydrogen) atoms. The molecule has 1 fully saturated rings. The van der Waals surface area contributed by atoms with E-state index in [9.17, 15) is 13.2 Å². The molecular weight excluding hydrogens is 420 g/mol. The summed E-state index contributed by atoms with van der Waals surface area (Å²) in [4.78, 5) is 1.88. The van der Waals surface area contributed by atoms with E-state index in [1.165, 1.54) is 7.11 Å². The second-order valence-corrected chi connectivity index (χ2v) is 5.86. The third-order valence-electron chi connectivity index (χ3n) is 3.58. The van der Waals surface area contributed by atoms with Gasteiger partial charge in [0.15, 0.2) is 0 Å². The molecule has 1 atom stereocenters. The highest BCUT2D eigenvalue weighted by Gasteiger charge is 2.36. The largest absolute Gasteiger partial charge is 0.497 e. The fraction of sp³-hybridized carbons (Fsp3) is 0.571. The van der Waals surface area contributed by atoms with E-state index in [1.807, 2.05) is 4.90 Å². The Labute approximate surface area is 154 Å². The number of ether oxygens (including phenoxy) is 1. The molecule has 9 heteroatoms. The maximum atomic E-state index is 13.0. The van der Waals surface area contributed by atoms with Gasteiger partial charge in [-0.3, -0.25) is 4.90 Å². The molecule has 0 saturated carbocycles. The molecule has 1 heterocycles. The first-order chi connectivity index (χ1) is 9.90. The van der Waals surface area contributed by atoms with Gasteiger partial charge in [-0.1, -0.05) is 15.9 Å². The standard InChI is InChI=1S/C14H18BrF3N2O.2ClH/c1-21-10-2-3-12(15)11(8-10)13(9-14(16,17)18)20-6-4-19-5-7-20;;/h2-3,8,13,19H,4-7,9H2,1H3;2*1H/t13-;;/m0../s1. The number of piperazine rings is 1. The number of halogens is 6. The van der Waals surface area contributed by atoms with E-state index in [0.29, 0.717) is 42.0 Å². The molecule has 1 saturated heterocycles. The maximum absolute atomic E-state index is 13.0. The Hall–Kier alpha value is -0.210. The predicted molar refractivity (Wildman–Crippen MR) is 93.0 cm³/mol. The van der Waals surface area contributed by atoms with Crippen LogP contribution in [0.15, 0.2) is 22.7 Å². The zero-order valence-corrected chi connectivity index (χ0v) is 15.7. The van der Waals surface area contributed by atoms with E-state index < -0.39 is 18.6 Å². The summed E-state index contributed by atoms with van der Waals surface area (Å²) in [5.74, 6) is 0.565. The van der Waals surface area contributed by atoms with Crippen molar-refractivity contribution >= 4 is 40.7 Å². The Morgan fingerprint density at radius 1 is 1.26 bits per heavy atom.